The maximum atomic E-state index is 9.91. The van der Waals surface area contributed by atoms with E-state index in [4.69, 9.17) is 4.74 Å². The summed E-state index contributed by atoms with van der Waals surface area (Å²) in [5.74, 6) is 0.355. The molecule has 0 aliphatic rings. The molecule has 2 unspecified atom stereocenters. The first kappa shape index (κ1) is 15.0. The summed E-state index contributed by atoms with van der Waals surface area (Å²) in [5.41, 5.74) is 2.11. The summed E-state index contributed by atoms with van der Waals surface area (Å²) in [7, 11) is 1.72. The van der Waals surface area contributed by atoms with Gasteiger partial charge in [0.2, 0.25) is 0 Å². The molecule has 1 rings (SSSR count). The molecule has 0 spiro atoms. The largest absolute Gasteiger partial charge is 0.508 e. The van der Waals surface area contributed by atoms with E-state index in [1.54, 1.807) is 13.2 Å². The molecule has 2 atom stereocenters. The molecule has 0 fully saturated rings. The number of methoxy groups -OCH3 is 1. The van der Waals surface area contributed by atoms with Crippen molar-refractivity contribution in [3.8, 4) is 5.75 Å². The number of aromatic hydroxyl groups is 1. The molecular weight excluding hydrogens is 226 g/mol. The average molecular weight is 251 g/mol. The Bertz CT molecular complexity index is 360. The lowest BCUT2D eigenvalue weighted by molar-refractivity contribution is 0.157. The van der Waals surface area contributed by atoms with E-state index < -0.39 is 0 Å². The van der Waals surface area contributed by atoms with Crippen molar-refractivity contribution in [1.29, 1.82) is 0 Å². The number of hydrogen-bond donors (Lipinski definition) is 2. The van der Waals surface area contributed by atoms with Gasteiger partial charge >= 0.3 is 0 Å². The Morgan fingerprint density at radius 1 is 1.39 bits per heavy atom. The van der Waals surface area contributed by atoms with E-state index in [-0.39, 0.29) is 6.04 Å². The second-order valence-electron chi connectivity index (χ2n) is 4.89. The molecular formula is C15H25NO2. The van der Waals surface area contributed by atoms with Crippen molar-refractivity contribution < 1.29 is 9.84 Å². The molecule has 0 aliphatic carbocycles. The molecule has 0 aliphatic heterocycles. The van der Waals surface area contributed by atoms with Gasteiger partial charge in [-0.15, -0.1) is 0 Å². The Kier molecular flexibility index (Phi) is 6.16. The summed E-state index contributed by atoms with van der Waals surface area (Å²) in [5, 5.41) is 13.4. The summed E-state index contributed by atoms with van der Waals surface area (Å²) in [4.78, 5) is 0. The van der Waals surface area contributed by atoms with Crippen LogP contribution in [0, 0.1) is 6.92 Å². The van der Waals surface area contributed by atoms with Crippen LogP contribution in [0.15, 0.2) is 18.2 Å². The van der Waals surface area contributed by atoms with Gasteiger partial charge in [0.1, 0.15) is 5.75 Å². The number of aryl methyl sites for hydroxylation is 1. The van der Waals surface area contributed by atoms with Gasteiger partial charge in [-0.2, -0.15) is 0 Å². The first-order valence-electron chi connectivity index (χ1n) is 6.63. The Balaban J connectivity index is 2.73. The zero-order valence-electron chi connectivity index (χ0n) is 11.9. The molecule has 3 nitrogen and oxygen atoms in total. The molecule has 0 heterocycles. The Morgan fingerprint density at radius 3 is 2.72 bits per heavy atom. The van der Waals surface area contributed by atoms with Crippen molar-refractivity contribution in [2.45, 2.75) is 45.7 Å². The Hall–Kier alpha value is -1.06. The van der Waals surface area contributed by atoms with Crippen molar-refractivity contribution in [3.63, 3.8) is 0 Å². The highest BCUT2D eigenvalue weighted by Gasteiger charge is 2.15. The van der Waals surface area contributed by atoms with Gasteiger partial charge in [0.25, 0.3) is 0 Å². The zero-order chi connectivity index (χ0) is 13.5. The molecule has 0 bridgehead atoms. The zero-order valence-corrected chi connectivity index (χ0v) is 11.9. The molecule has 1 aromatic rings. The quantitative estimate of drug-likeness (QED) is 0.782. The lowest BCUT2D eigenvalue weighted by Gasteiger charge is -2.23. The van der Waals surface area contributed by atoms with Crippen LogP contribution in [-0.4, -0.2) is 24.9 Å². The molecule has 102 valence electrons. The van der Waals surface area contributed by atoms with Crippen LogP contribution in [-0.2, 0) is 4.74 Å². The third-order valence-corrected chi connectivity index (χ3v) is 3.14. The maximum Gasteiger partial charge on any atom is 0.120 e. The second kappa shape index (κ2) is 7.39. The van der Waals surface area contributed by atoms with E-state index in [9.17, 15) is 5.11 Å². The molecule has 0 radical (unpaired) electrons. The third-order valence-electron chi connectivity index (χ3n) is 3.14. The van der Waals surface area contributed by atoms with Crippen molar-refractivity contribution in [2.24, 2.45) is 0 Å². The van der Waals surface area contributed by atoms with Crippen LogP contribution in [0.25, 0.3) is 0 Å². The summed E-state index contributed by atoms with van der Waals surface area (Å²) in [6, 6.07) is 6.16. The maximum absolute atomic E-state index is 9.91. The van der Waals surface area contributed by atoms with E-state index in [1.807, 2.05) is 19.1 Å². The minimum absolute atomic E-state index is 0.122. The van der Waals surface area contributed by atoms with Gasteiger partial charge in [-0.3, -0.25) is 0 Å². The van der Waals surface area contributed by atoms with Crippen molar-refractivity contribution >= 4 is 0 Å². The van der Waals surface area contributed by atoms with Crippen LogP contribution in [0.3, 0.4) is 0 Å². The van der Waals surface area contributed by atoms with Crippen LogP contribution < -0.4 is 5.32 Å². The summed E-state index contributed by atoms with van der Waals surface area (Å²) in [6.45, 7) is 6.98. The van der Waals surface area contributed by atoms with Crippen LogP contribution in [0.2, 0.25) is 0 Å². The average Bonchev–Trinajstić information content (AvgIpc) is 2.33. The van der Waals surface area contributed by atoms with E-state index in [0.29, 0.717) is 18.4 Å². The Morgan fingerprint density at radius 2 is 2.11 bits per heavy atom. The summed E-state index contributed by atoms with van der Waals surface area (Å²) in [6.07, 6.45) is 2.19. The van der Waals surface area contributed by atoms with Crippen molar-refractivity contribution in [3.05, 3.63) is 29.3 Å². The SMILES string of the molecule is CCCC(COC)NC(C)c1cc(C)ccc1O. The highest BCUT2D eigenvalue weighted by Crippen LogP contribution is 2.25. The van der Waals surface area contributed by atoms with Gasteiger partial charge in [-0.25, -0.2) is 0 Å². The lowest BCUT2D eigenvalue weighted by Crippen LogP contribution is -2.35. The second-order valence-corrected chi connectivity index (χ2v) is 4.89. The Labute approximate surface area is 110 Å². The van der Waals surface area contributed by atoms with Gasteiger partial charge in [-0.1, -0.05) is 31.0 Å². The van der Waals surface area contributed by atoms with Gasteiger partial charge < -0.3 is 15.2 Å². The van der Waals surface area contributed by atoms with E-state index in [0.717, 1.165) is 24.0 Å². The first-order chi connectivity index (χ1) is 8.58. The number of nitrogens with one attached hydrogen (secondary N) is 1. The summed E-state index contributed by atoms with van der Waals surface area (Å²) >= 11 is 0. The number of phenols is 1. The minimum Gasteiger partial charge on any atom is -0.508 e. The van der Waals surface area contributed by atoms with Crippen molar-refractivity contribution in [2.75, 3.05) is 13.7 Å². The number of ether oxygens (including phenoxy) is 1. The van der Waals surface area contributed by atoms with E-state index in [1.165, 1.54) is 0 Å². The highest BCUT2D eigenvalue weighted by molar-refractivity contribution is 5.37. The highest BCUT2D eigenvalue weighted by atomic mass is 16.5. The van der Waals surface area contributed by atoms with E-state index >= 15 is 0 Å². The number of hydrogen-bond acceptors (Lipinski definition) is 3. The normalized spacial score (nSPS) is 14.4. The van der Waals surface area contributed by atoms with Gasteiger partial charge in [0, 0.05) is 24.8 Å². The molecule has 0 saturated carbocycles. The van der Waals surface area contributed by atoms with Gasteiger partial charge in [0.15, 0.2) is 0 Å². The fraction of sp³-hybridized carbons (Fsp3) is 0.600. The third kappa shape index (κ3) is 4.31. The molecule has 2 N–H and O–H groups in total. The standard InChI is InChI=1S/C15H25NO2/c1-5-6-13(10-18-4)16-12(3)14-9-11(2)7-8-15(14)17/h7-9,12-13,16-17H,5-6,10H2,1-4H3. The van der Waals surface area contributed by atoms with E-state index in [2.05, 4.69) is 19.2 Å². The number of rotatable bonds is 7. The number of benzene rings is 1. The van der Waals surface area contributed by atoms with Crippen LogP contribution in [0.1, 0.15) is 43.9 Å². The fourth-order valence-electron chi connectivity index (χ4n) is 2.23. The predicted octanol–water partition coefficient (Wildman–Crippen LogP) is 3.17. The van der Waals surface area contributed by atoms with Gasteiger partial charge in [0.05, 0.1) is 6.61 Å². The molecule has 0 amide bonds. The van der Waals surface area contributed by atoms with Crippen LogP contribution in [0.5, 0.6) is 5.75 Å². The van der Waals surface area contributed by atoms with Crippen LogP contribution in [0.4, 0.5) is 0 Å². The predicted molar refractivity (Wildman–Crippen MR) is 75.0 cm³/mol. The molecule has 0 aromatic heterocycles. The molecule has 3 heteroatoms. The fourth-order valence-corrected chi connectivity index (χ4v) is 2.23. The van der Waals surface area contributed by atoms with Crippen LogP contribution >= 0.6 is 0 Å². The topological polar surface area (TPSA) is 41.5 Å². The molecule has 18 heavy (non-hydrogen) atoms. The minimum atomic E-state index is 0.122. The first-order valence-corrected chi connectivity index (χ1v) is 6.63. The monoisotopic (exact) mass is 251 g/mol. The molecule has 1 aromatic carbocycles. The van der Waals surface area contributed by atoms with Gasteiger partial charge in [-0.05, 0) is 26.3 Å². The van der Waals surface area contributed by atoms with Crippen molar-refractivity contribution in [1.82, 2.24) is 5.32 Å². The summed E-state index contributed by atoms with van der Waals surface area (Å²) < 4.78 is 5.22. The number of phenolic OH excluding ortho intramolecular Hbond substituents is 1. The smallest absolute Gasteiger partial charge is 0.120 e. The molecule has 0 saturated heterocycles. The lowest BCUT2D eigenvalue weighted by atomic mass is 10.0.